The standard InChI is InChI=1S/C12H16BrNO2S/c1-8-5-6-14-11(10(8)13)17-7-9(15)16-12(2,3)4/h5-6H,7H2,1-4H3. The van der Waals surface area contributed by atoms with Gasteiger partial charge in [0.25, 0.3) is 0 Å². The number of thioether (sulfide) groups is 1. The van der Waals surface area contributed by atoms with Crippen LogP contribution in [0.3, 0.4) is 0 Å². The zero-order chi connectivity index (χ0) is 13.1. The Bertz CT molecular complexity index is 415. The number of pyridine rings is 1. The van der Waals surface area contributed by atoms with Crippen molar-refractivity contribution in [2.75, 3.05) is 5.75 Å². The van der Waals surface area contributed by atoms with Crippen LogP contribution >= 0.6 is 27.7 Å². The molecule has 0 radical (unpaired) electrons. The van der Waals surface area contributed by atoms with E-state index >= 15 is 0 Å². The molecule has 1 heterocycles. The highest BCUT2D eigenvalue weighted by atomic mass is 79.9. The first-order chi connectivity index (χ1) is 7.79. The third-order valence-corrected chi connectivity index (χ3v) is 4.02. The van der Waals surface area contributed by atoms with Crippen molar-refractivity contribution in [3.05, 3.63) is 22.3 Å². The minimum Gasteiger partial charge on any atom is -0.459 e. The molecule has 0 N–H and O–H groups in total. The molecular formula is C12H16BrNO2S. The molecule has 5 heteroatoms. The molecule has 0 amide bonds. The second kappa shape index (κ2) is 5.87. The summed E-state index contributed by atoms with van der Waals surface area (Å²) in [5.74, 6) is 0.0458. The highest BCUT2D eigenvalue weighted by molar-refractivity contribution is 9.10. The smallest absolute Gasteiger partial charge is 0.316 e. The van der Waals surface area contributed by atoms with Crippen LogP contribution < -0.4 is 0 Å². The maximum atomic E-state index is 11.5. The number of nitrogens with zero attached hydrogens (tertiary/aromatic N) is 1. The normalized spacial score (nSPS) is 11.4. The number of halogens is 1. The van der Waals surface area contributed by atoms with Crippen molar-refractivity contribution in [1.29, 1.82) is 0 Å². The highest BCUT2D eigenvalue weighted by Gasteiger charge is 2.17. The lowest BCUT2D eigenvalue weighted by atomic mass is 10.2. The molecule has 0 unspecified atom stereocenters. The second-order valence-electron chi connectivity index (χ2n) is 4.62. The zero-order valence-electron chi connectivity index (χ0n) is 10.4. The predicted molar refractivity (Wildman–Crippen MR) is 73.2 cm³/mol. The number of esters is 1. The summed E-state index contributed by atoms with van der Waals surface area (Å²) in [6, 6.07) is 1.92. The number of rotatable bonds is 3. The van der Waals surface area contributed by atoms with E-state index in [1.54, 1.807) is 6.20 Å². The molecule has 17 heavy (non-hydrogen) atoms. The van der Waals surface area contributed by atoms with Crippen LogP contribution in [0.1, 0.15) is 26.3 Å². The minimum atomic E-state index is -0.436. The summed E-state index contributed by atoms with van der Waals surface area (Å²) in [5, 5.41) is 0.816. The van der Waals surface area contributed by atoms with E-state index in [0.29, 0.717) is 0 Å². The topological polar surface area (TPSA) is 39.2 Å². The Morgan fingerprint density at radius 2 is 2.18 bits per heavy atom. The summed E-state index contributed by atoms with van der Waals surface area (Å²) in [7, 11) is 0. The maximum absolute atomic E-state index is 11.5. The molecule has 0 bridgehead atoms. The molecule has 0 atom stereocenters. The second-order valence-corrected chi connectivity index (χ2v) is 6.38. The molecule has 1 aromatic rings. The summed E-state index contributed by atoms with van der Waals surface area (Å²) in [4.78, 5) is 15.8. The van der Waals surface area contributed by atoms with Gasteiger partial charge in [0.1, 0.15) is 10.6 Å². The van der Waals surface area contributed by atoms with Crippen LogP contribution in [-0.2, 0) is 9.53 Å². The van der Waals surface area contributed by atoms with Crippen molar-refractivity contribution in [3.63, 3.8) is 0 Å². The van der Waals surface area contributed by atoms with Gasteiger partial charge < -0.3 is 4.74 Å². The third-order valence-electron chi connectivity index (χ3n) is 1.80. The first-order valence-corrected chi connectivity index (χ1v) is 7.03. The van der Waals surface area contributed by atoms with Gasteiger partial charge in [0, 0.05) is 6.20 Å². The highest BCUT2D eigenvalue weighted by Crippen LogP contribution is 2.28. The molecule has 0 aliphatic rings. The van der Waals surface area contributed by atoms with Crippen molar-refractivity contribution >= 4 is 33.7 Å². The molecule has 3 nitrogen and oxygen atoms in total. The van der Waals surface area contributed by atoms with Gasteiger partial charge in [-0.3, -0.25) is 4.79 Å². The van der Waals surface area contributed by atoms with Gasteiger partial charge in [0.2, 0.25) is 0 Å². The molecule has 1 rings (SSSR count). The summed E-state index contributed by atoms with van der Waals surface area (Å²) in [5.41, 5.74) is 0.668. The molecule has 0 spiro atoms. The number of carbonyl (C=O) groups is 1. The van der Waals surface area contributed by atoms with E-state index in [0.717, 1.165) is 15.1 Å². The van der Waals surface area contributed by atoms with E-state index < -0.39 is 5.60 Å². The van der Waals surface area contributed by atoms with Crippen LogP contribution in [0.2, 0.25) is 0 Å². The monoisotopic (exact) mass is 317 g/mol. The summed E-state index contributed by atoms with van der Waals surface area (Å²) in [6.45, 7) is 7.56. The van der Waals surface area contributed by atoms with Crippen molar-refractivity contribution in [2.24, 2.45) is 0 Å². The molecular weight excluding hydrogens is 302 g/mol. The maximum Gasteiger partial charge on any atom is 0.316 e. The third kappa shape index (κ3) is 5.08. The van der Waals surface area contributed by atoms with E-state index in [4.69, 9.17) is 4.74 Å². The minimum absolute atomic E-state index is 0.224. The van der Waals surface area contributed by atoms with E-state index in [9.17, 15) is 4.79 Å². The fourth-order valence-electron chi connectivity index (χ4n) is 1.11. The van der Waals surface area contributed by atoms with Crippen LogP contribution in [-0.4, -0.2) is 22.3 Å². The van der Waals surface area contributed by atoms with E-state index in [1.165, 1.54) is 11.8 Å². The summed E-state index contributed by atoms with van der Waals surface area (Å²) >= 11 is 4.83. The molecule has 1 aromatic heterocycles. The van der Waals surface area contributed by atoms with Gasteiger partial charge in [-0.2, -0.15) is 0 Å². The molecule has 0 saturated heterocycles. The van der Waals surface area contributed by atoms with Gasteiger partial charge >= 0.3 is 5.97 Å². The number of hydrogen-bond donors (Lipinski definition) is 0. The Morgan fingerprint density at radius 1 is 1.53 bits per heavy atom. The lowest BCUT2D eigenvalue weighted by Gasteiger charge is -2.19. The first kappa shape index (κ1) is 14.5. The Morgan fingerprint density at radius 3 is 2.76 bits per heavy atom. The van der Waals surface area contributed by atoms with Crippen LogP contribution in [0.5, 0.6) is 0 Å². The van der Waals surface area contributed by atoms with Gasteiger partial charge in [0.05, 0.1) is 10.2 Å². The average molecular weight is 318 g/mol. The predicted octanol–water partition coefficient (Wildman–Crippen LogP) is 3.59. The molecule has 0 aliphatic heterocycles. The van der Waals surface area contributed by atoms with Gasteiger partial charge in [-0.1, -0.05) is 11.8 Å². The van der Waals surface area contributed by atoms with Crippen LogP contribution in [0, 0.1) is 6.92 Å². The van der Waals surface area contributed by atoms with E-state index in [1.807, 2.05) is 33.8 Å². The Balaban J connectivity index is 2.56. The van der Waals surface area contributed by atoms with Crippen LogP contribution in [0.15, 0.2) is 21.8 Å². The molecule has 94 valence electrons. The number of aromatic nitrogens is 1. The largest absolute Gasteiger partial charge is 0.459 e. The Labute approximate surface area is 114 Å². The number of carbonyl (C=O) groups excluding carboxylic acids is 1. The Kier molecular flexibility index (Phi) is 5.01. The Hall–Kier alpha value is -0.550. The molecule has 0 fully saturated rings. The quantitative estimate of drug-likeness (QED) is 0.631. The number of aryl methyl sites for hydroxylation is 1. The molecule has 0 saturated carbocycles. The van der Waals surface area contributed by atoms with Gasteiger partial charge in [-0.15, -0.1) is 0 Å². The first-order valence-electron chi connectivity index (χ1n) is 5.25. The zero-order valence-corrected chi connectivity index (χ0v) is 12.8. The molecule has 0 aromatic carbocycles. The number of hydrogen-bond acceptors (Lipinski definition) is 4. The van der Waals surface area contributed by atoms with Crippen LogP contribution in [0.25, 0.3) is 0 Å². The van der Waals surface area contributed by atoms with Gasteiger partial charge in [-0.05, 0) is 55.3 Å². The van der Waals surface area contributed by atoms with Gasteiger partial charge in [0.15, 0.2) is 0 Å². The lowest BCUT2D eigenvalue weighted by molar-refractivity contribution is -0.151. The van der Waals surface area contributed by atoms with E-state index in [2.05, 4.69) is 20.9 Å². The van der Waals surface area contributed by atoms with Crippen LogP contribution in [0.4, 0.5) is 0 Å². The van der Waals surface area contributed by atoms with Crippen molar-refractivity contribution in [1.82, 2.24) is 4.98 Å². The lowest BCUT2D eigenvalue weighted by Crippen LogP contribution is -2.24. The van der Waals surface area contributed by atoms with Crippen molar-refractivity contribution < 1.29 is 9.53 Å². The number of ether oxygens (including phenoxy) is 1. The SMILES string of the molecule is Cc1ccnc(SCC(=O)OC(C)(C)C)c1Br. The molecule has 0 aliphatic carbocycles. The van der Waals surface area contributed by atoms with Crippen molar-refractivity contribution in [2.45, 2.75) is 38.3 Å². The fraction of sp³-hybridized carbons (Fsp3) is 0.500. The summed E-state index contributed by atoms with van der Waals surface area (Å²) in [6.07, 6.45) is 1.73. The average Bonchev–Trinajstić information content (AvgIpc) is 2.18. The van der Waals surface area contributed by atoms with E-state index in [-0.39, 0.29) is 11.7 Å². The van der Waals surface area contributed by atoms with Gasteiger partial charge in [-0.25, -0.2) is 4.98 Å². The fourth-order valence-corrected chi connectivity index (χ4v) is 2.43. The van der Waals surface area contributed by atoms with Crippen molar-refractivity contribution in [3.8, 4) is 0 Å². The summed E-state index contributed by atoms with van der Waals surface area (Å²) < 4.78 is 6.17.